The van der Waals surface area contributed by atoms with E-state index in [9.17, 15) is 18.5 Å². The fourth-order valence-corrected chi connectivity index (χ4v) is 2.14. The summed E-state index contributed by atoms with van der Waals surface area (Å²) in [7, 11) is -4.13. The van der Waals surface area contributed by atoms with Gasteiger partial charge in [0.2, 0.25) is 10.0 Å². The average Bonchev–Trinajstić information content (AvgIpc) is 2.32. The van der Waals surface area contributed by atoms with Gasteiger partial charge in [0.25, 0.3) is 5.69 Å². The van der Waals surface area contributed by atoms with Gasteiger partial charge in [0.1, 0.15) is 17.3 Å². The normalized spacial score (nSPS) is 12.2. The van der Waals surface area contributed by atoms with E-state index in [2.05, 4.69) is 0 Å². The topological polar surface area (TPSA) is 122 Å². The summed E-state index contributed by atoms with van der Waals surface area (Å²) < 4.78 is 33.6. The molecule has 0 amide bonds. The van der Waals surface area contributed by atoms with Crippen LogP contribution in [0, 0.1) is 10.1 Å². The van der Waals surface area contributed by atoms with Crippen molar-refractivity contribution in [2.45, 2.75) is 31.3 Å². The number of rotatable bonds is 6. The van der Waals surface area contributed by atoms with E-state index in [0.29, 0.717) is 0 Å². The lowest BCUT2D eigenvalue weighted by Crippen LogP contribution is -2.23. The van der Waals surface area contributed by atoms with Crippen molar-refractivity contribution in [3.63, 3.8) is 0 Å². The Morgan fingerprint density at radius 3 is 2.38 bits per heavy atom. The van der Waals surface area contributed by atoms with Gasteiger partial charge >= 0.3 is 0 Å². The van der Waals surface area contributed by atoms with E-state index in [1.54, 1.807) is 0 Å². The molecule has 0 atom stereocenters. The second kappa shape index (κ2) is 6.37. The van der Waals surface area contributed by atoms with Gasteiger partial charge in [-0.05, 0) is 26.8 Å². The lowest BCUT2D eigenvalue weighted by Gasteiger charge is -2.19. The SMILES string of the molecule is CC(C)(C)OCCOc1ccc([N+](=O)[O-])cc1S(N)(=O)=O. The monoisotopic (exact) mass is 318 g/mol. The van der Waals surface area contributed by atoms with Gasteiger partial charge in [-0.15, -0.1) is 0 Å². The third-order valence-electron chi connectivity index (χ3n) is 2.32. The van der Waals surface area contributed by atoms with E-state index in [-0.39, 0.29) is 30.3 Å². The van der Waals surface area contributed by atoms with Crippen molar-refractivity contribution in [2.24, 2.45) is 5.14 Å². The number of hydrogen-bond donors (Lipinski definition) is 1. The molecule has 21 heavy (non-hydrogen) atoms. The van der Waals surface area contributed by atoms with Gasteiger partial charge in [-0.2, -0.15) is 0 Å². The number of hydrogen-bond acceptors (Lipinski definition) is 6. The molecule has 0 radical (unpaired) electrons. The van der Waals surface area contributed by atoms with Crippen LogP contribution in [-0.2, 0) is 14.8 Å². The molecular formula is C12H18N2O6S. The molecule has 0 aliphatic heterocycles. The standard InChI is InChI=1S/C12H18N2O6S/c1-12(2,3)20-7-6-19-10-5-4-9(14(15)16)8-11(10)21(13,17)18/h4-5,8H,6-7H2,1-3H3,(H2,13,17,18). The zero-order valence-corrected chi connectivity index (χ0v) is 12.8. The Labute approximate surface area is 123 Å². The van der Waals surface area contributed by atoms with Crippen molar-refractivity contribution in [1.82, 2.24) is 0 Å². The highest BCUT2D eigenvalue weighted by atomic mass is 32.2. The minimum Gasteiger partial charge on any atom is -0.490 e. The van der Waals surface area contributed by atoms with Crippen LogP contribution in [0.1, 0.15) is 20.8 Å². The Morgan fingerprint density at radius 1 is 1.29 bits per heavy atom. The van der Waals surface area contributed by atoms with Crippen LogP contribution in [0.4, 0.5) is 5.69 Å². The van der Waals surface area contributed by atoms with Crippen molar-refractivity contribution in [2.75, 3.05) is 13.2 Å². The summed E-state index contributed by atoms with van der Waals surface area (Å²) in [5.74, 6) is -0.0411. The molecule has 0 saturated heterocycles. The third kappa shape index (κ3) is 5.66. The fourth-order valence-electron chi connectivity index (χ4n) is 1.45. The van der Waals surface area contributed by atoms with Crippen molar-refractivity contribution in [3.8, 4) is 5.75 Å². The smallest absolute Gasteiger partial charge is 0.271 e. The summed E-state index contributed by atoms with van der Waals surface area (Å²) in [6.07, 6.45) is 0. The minimum atomic E-state index is -4.13. The first-order valence-electron chi connectivity index (χ1n) is 6.09. The van der Waals surface area contributed by atoms with Crippen LogP contribution in [0.15, 0.2) is 23.1 Å². The lowest BCUT2D eigenvalue weighted by molar-refractivity contribution is -0.385. The number of nitrogens with two attached hydrogens (primary N) is 1. The molecule has 2 N–H and O–H groups in total. The summed E-state index contributed by atoms with van der Waals surface area (Å²) in [6, 6.07) is 3.22. The number of primary sulfonamides is 1. The van der Waals surface area contributed by atoms with Gasteiger partial charge in [-0.25, -0.2) is 13.6 Å². The van der Waals surface area contributed by atoms with Gasteiger partial charge in [0.05, 0.1) is 17.1 Å². The predicted octanol–water partition coefficient (Wildman–Crippen LogP) is 1.44. The Morgan fingerprint density at radius 2 is 1.90 bits per heavy atom. The van der Waals surface area contributed by atoms with Crippen LogP contribution < -0.4 is 9.88 Å². The van der Waals surface area contributed by atoms with Gasteiger partial charge in [-0.3, -0.25) is 10.1 Å². The quantitative estimate of drug-likeness (QED) is 0.481. The molecule has 1 aromatic carbocycles. The summed E-state index contributed by atoms with van der Waals surface area (Å²) in [5.41, 5.74) is -0.723. The molecule has 0 bridgehead atoms. The molecule has 0 saturated carbocycles. The number of nitrogens with zero attached hydrogens (tertiary/aromatic N) is 1. The number of sulfonamides is 1. The number of nitro benzene ring substituents is 1. The van der Waals surface area contributed by atoms with Gasteiger partial charge in [-0.1, -0.05) is 0 Å². The molecule has 1 aromatic rings. The largest absolute Gasteiger partial charge is 0.490 e. The molecule has 1 rings (SSSR count). The van der Waals surface area contributed by atoms with Gasteiger partial charge < -0.3 is 9.47 Å². The first-order valence-corrected chi connectivity index (χ1v) is 7.63. The molecule has 118 valence electrons. The van der Waals surface area contributed by atoms with Crippen LogP contribution in [-0.4, -0.2) is 32.2 Å². The van der Waals surface area contributed by atoms with Crippen LogP contribution in [0.25, 0.3) is 0 Å². The molecule has 0 aliphatic rings. The van der Waals surface area contributed by atoms with Crippen LogP contribution in [0.2, 0.25) is 0 Å². The predicted molar refractivity (Wildman–Crippen MR) is 75.7 cm³/mol. The summed E-state index contributed by atoms with van der Waals surface area (Å²) in [5, 5.41) is 15.7. The zero-order valence-electron chi connectivity index (χ0n) is 12.0. The lowest BCUT2D eigenvalue weighted by atomic mass is 10.2. The molecule has 0 aromatic heterocycles. The highest BCUT2D eigenvalue weighted by molar-refractivity contribution is 7.89. The first kappa shape index (κ1) is 17.3. The number of nitro groups is 1. The molecule has 8 nitrogen and oxygen atoms in total. The van der Waals surface area contributed by atoms with Crippen LogP contribution in [0.3, 0.4) is 0 Å². The maximum absolute atomic E-state index is 11.5. The van der Waals surface area contributed by atoms with E-state index in [1.165, 1.54) is 6.07 Å². The minimum absolute atomic E-state index is 0.0411. The molecule has 0 fully saturated rings. The molecule has 9 heteroatoms. The summed E-state index contributed by atoms with van der Waals surface area (Å²) >= 11 is 0. The van der Waals surface area contributed by atoms with Crippen LogP contribution >= 0.6 is 0 Å². The Hall–Kier alpha value is -1.71. The fraction of sp³-hybridized carbons (Fsp3) is 0.500. The third-order valence-corrected chi connectivity index (χ3v) is 3.25. The summed E-state index contributed by atoms with van der Waals surface area (Å²) in [6.45, 7) is 5.94. The first-order chi connectivity index (χ1) is 9.50. The van der Waals surface area contributed by atoms with E-state index in [1.807, 2.05) is 20.8 Å². The number of benzene rings is 1. The second-order valence-electron chi connectivity index (χ2n) is 5.24. The number of ether oxygens (including phenoxy) is 2. The zero-order chi connectivity index (χ0) is 16.3. The van der Waals surface area contributed by atoms with E-state index >= 15 is 0 Å². The highest BCUT2D eigenvalue weighted by Crippen LogP contribution is 2.27. The Bertz CT molecular complexity index is 621. The Balaban J connectivity index is 2.89. The Kier molecular flexibility index (Phi) is 5.26. The number of non-ortho nitro benzene ring substituents is 1. The molecule has 0 aliphatic carbocycles. The highest BCUT2D eigenvalue weighted by Gasteiger charge is 2.20. The van der Waals surface area contributed by atoms with Crippen molar-refractivity contribution in [1.29, 1.82) is 0 Å². The van der Waals surface area contributed by atoms with Crippen LogP contribution in [0.5, 0.6) is 5.75 Å². The maximum Gasteiger partial charge on any atom is 0.271 e. The van der Waals surface area contributed by atoms with Gasteiger partial charge in [0.15, 0.2) is 0 Å². The summed E-state index contributed by atoms with van der Waals surface area (Å²) in [4.78, 5) is 9.54. The van der Waals surface area contributed by atoms with Gasteiger partial charge in [0, 0.05) is 12.1 Å². The van der Waals surface area contributed by atoms with E-state index in [0.717, 1.165) is 12.1 Å². The van der Waals surface area contributed by atoms with E-state index in [4.69, 9.17) is 14.6 Å². The van der Waals surface area contributed by atoms with Crippen molar-refractivity contribution in [3.05, 3.63) is 28.3 Å². The molecule has 0 unspecified atom stereocenters. The van der Waals surface area contributed by atoms with E-state index < -0.39 is 19.8 Å². The van der Waals surface area contributed by atoms with Crippen molar-refractivity contribution < 1.29 is 22.8 Å². The maximum atomic E-state index is 11.5. The second-order valence-corrected chi connectivity index (χ2v) is 6.77. The van der Waals surface area contributed by atoms with Crippen molar-refractivity contribution >= 4 is 15.7 Å². The molecular weight excluding hydrogens is 300 g/mol. The molecule has 0 spiro atoms. The molecule has 0 heterocycles. The average molecular weight is 318 g/mol.